The van der Waals surface area contributed by atoms with E-state index in [-0.39, 0.29) is 0 Å². The highest BCUT2D eigenvalue weighted by molar-refractivity contribution is 5.59. The van der Waals surface area contributed by atoms with E-state index in [2.05, 4.69) is 40.5 Å². The van der Waals surface area contributed by atoms with Crippen LogP contribution in [0, 0.1) is 11.3 Å². The molecule has 0 aliphatic carbocycles. The summed E-state index contributed by atoms with van der Waals surface area (Å²) in [7, 11) is 0. The quantitative estimate of drug-likeness (QED) is 0.876. The number of rotatable bonds is 4. The molecule has 19 heavy (non-hydrogen) atoms. The van der Waals surface area contributed by atoms with E-state index in [4.69, 9.17) is 5.26 Å². The van der Waals surface area contributed by atoms with Gasteiger partial charge in [-0.3, -0.25) is 0 Å². The first-order chi connectivity index (χ1) is 9.17. The fourth-order valence-electron chi connectivity index (χ4n) is 1.58. The van der Waals surface area contributed by atoms with Crippen molar-refractivity contribution in [1.29, 1.82) is 5.26 Å². The van der Waals surface area contributed by atoms with Gasteiger partial charge in [0.15, 0.2) is 0 Å². The molecule has 0 atom stereocenters. The van der Waals surface area contributed by atoms with Crippen LogP contribution in [0.2, 0.25) is 0 Å². The molecule has 2 rings (SSSR count). The van der Waals surface area contributed by atoms with E-state index in [0.717, 1.165) is 11.5 Å². The van der Waals surface area contributed by atoms with E-state index in [9.17, 15) is 0 Å². The molecule has 0 saturated heterocycles. The van der Waals surface area contributed by atoms with Gasteiger partial charge in [0.05, 0.1) is 11.6 Å². The average molecular weight is 253 g/mol. The predicted molar refractivity (Wildman–Crippen MR) is 75.2 cm³/mol. The number of hydrogen-bond acceptors (Lipinski definition) is 5. The number of benzene rings is 1. The molecule has 0 saturated carbocycles. The first kappa shape index (κ1) is 12.8. The maximum Gasteiger partial charge on any atom is 0.135 e. The van der Waals surface area contributed by atoms with Crippen LogP contribution in [-0.4, -0.2) is 16.0 Å². The van der Waals surface area contributed by atoms with Gasteiger partial charge in [-0.2, -0.15) is 5.26 Å². The monoisotopic (exact) mass is 253 g/mol. The van der Waals surface area contributed by atoms with Crippen LogP contribution in [0.4, 0.5) is 17.3 Å². The topological polar surface area (TPSA) is 73.6 Å². The zero-order chi connectivity index (χ0) is 13.7. The van der Waals surface area contributed by atoms with E-state index < -0.39 is 0 Å². The zero-order valence-electron chi connectivity index (χ0n) is 10.9. The number of nitrogens with one attached hydrogen (secondary N) is 2. The van der Waals surface area contributed by atoms with Gasteiger partial charge in [0.1, 0.15) is 18.0 Å². The number of nitriles is 1. The van der Waals surface area contributed by atoms with E-state index >= 15 is 0 Å². The summed E-state index contributed by atoms with van der Waals surface area (Å²) >= 11 is 0. The number of hydrogen-bond donors (Lipinski definition) is 2. The molecule has 96 valence electrons. The Morgan fingerprint density at radius 2 is 1.79 bits per heavy atom. The lowest BCUT2D eigenvalue weighted by molar-refractivity contribution is 0.886. The summed E-state index contributed by atoms with van der Waals surface area (Å²) in [6.07, 6.45) is 1.51. The van der Waals surface area contributed by atoms with Gasteiger partial charge in [-0.15, -0.1) is 0 Å². The van der Waals surface area contributed by atoms with Gasteiger partial charge < -0.3 is 10.6 Å². The third kappa shape index (κ3) is 3.68. The van der Waals surface area contributed by atoms with E-state index in [0.29, 0.717) is 17.4 Å². The van der Waals surface area contributed by atoms with E-state index in [1.807, 2.05) is 18.2 Å². The average Bonchev–Trinajstić information content (AvgIpc) is 2.39. The highest BCUT2D eigenvalue weighted by Crippen LogP contribution is 2.17. The summed E-state index contributed by atoms with van der Waals surface area (Å²) in [5, 5.41) is 15.1. The largest absolute Gasteiger partial charge is 0.368 e. The van der Waals surface area contributed by atoms with Gasteiger partial charge in [0.2, 0.25) is 0 Å². The molecule has 2 aromatic rings. The smallest absolute Gasteiger partial charge is 0.135 e. The van der Waals surface area contributed by atoms with E-state index in [1.54, 1.807) is 12.1 Å². The van der Waals surface area contributed by atoms with Crippen LogP contribution < -0.4 is 10.6 Å². The minimum absolute atomic E-state index is 0.317. The molecule has 5 heteroatoms. The molecular weight excluding hydrogens is 238 g/mol. The molecule has 0 aliphatic heterocycles. The van der Waals surface area contributed by atoms with Crippen LogP contribution in [0.3, 0.4) is 0 Å². The molecule has 5 nitrogen and oxygen atoms in total. The number of anilines is 3. The van der Waals surface area contributed by atoms with Gasteiger partial charge in [-0.25, -0.2) is 9.97 Å². The Morgan fingerprint density at radius 3 is 2.42 bits per heavy atom. The molecule has 2 N–H and O–H groups in total. The maximum absolute atomic E-state index is 8.74. The van der Waals surface area contributed by atoms with Crippen molar-refractivity contribution < 1.29 is 0 Å². The first-order valence-corrected chi connectivity index (χ1v) is 6.03. The molecular formula is C14H15N5. The van der Waals surface area contributed by atoms with Gasteiger partial charge in [-0.1, -0.05) is 0 Å². The summed E-state index contributed by atoms with van der Waals surface area (Å²) in [6, 6.07) is 11.5. The van der Waals surface area contributed by atoms with Crippen LogP contribution >= 0.6 is 0 Å². The summed E-state index contributed by atoms with van der Waals surface area (Å²) < 4.78 is 0. The lowest BCUT2D eigenvalue weighted by atomic mass is 10.2. The number of aromatic nitrogens is 2. The Labute approximate surface area is 112 Å². The SMILES string of the molecule is CC(C)Nc1cc(Nc2ccc(C#N)cc2)ncn1. The molecule has 0 fully saturated rings. The van der Waals surface area contributed by atoms with E-state index in [1.165, 1.54) is 6.33 Å². The Hall–Kier alpha value is -2.61. The van der Waals surface area contributed by atoms with Gasteiger partial charge >= 0.3 is 0 Å². The van der Waals surface area contributed by atoms with Gasteiger partial charge in [0.25, 0.3) is 0 Å². The third-order valence-corrected chi connectivity index (χ3v) is 2.39. The molecule has 0 bridgehead atoms. The first-order valence-electron chi connectivity index (χ1n) is 6.03. The Kier molecular flexibility index (Phi) is 3.94. The minimum atomic E-state index is 0.317. The van der Waals surface area contributed by atoms with Gasteiger partial charge in [-0.05, 0) is 38.1 Å². The molecule has 0 spiro atoms. The fourth-order valence-corrected chi connectivity index (χ4v) is 1.58. The Balaban J connectivity index is 2.11. The van der Waals surface area contributed by atoms with Crippen LogP contribution in [0.25, 0.3) is 0 Å². The third-order valence-electron chi connectivity index (χ3n) is 2.39. The summed E-state index contributed by atoms with van der Waals surface area (Å²) in [5.41, 5.74) is 1.52. The standard InChI is InChI=1S/C14H15N5/c1-10(2)18-13-7-14(17-9-16-13)19-12-5-3-11(8-15)4-6-12/h3-7,9-10H,1-2H3,(H2,16,17,18,19). The maximum atomic E-state index is 8.74. The lowest BCUT2D eigenvalue weighted by Gasteiger charge is -2.10. The Bertz CT molecular complexity index is 584. The van der Waals surface area contributed by atoms with Crippen molar-refractivity contribution in [2.75, 3.05) is 10.6 Å². The summed E-state index contributed by atoms with van der Waals surface area (Å²) in [5.74, 6) is 1.49. The summed E-state index contributed by atoms with van der Waals surface area (Å²) in [4.78, 5) is 8.30. The number of nitrogens with zero attached hydrogens (tertiary/aromatic N) is 3. The molecule has 0 amide bonds. The van der Waals surface area contributed by atoms with Crippen molar-refractivity contribution >= 4 is 17.3 Å². The second-order valence-electron chi connectivity index (χ2n) is 4.40. The molecule has 0 radical (unpaired) electrons. The van der Waals surface area contributed by atoms with Crippen molar-refractivity contribution in [3.63, 3.8) is 0 Å². The second kappa shape index (κ2) is 5.83. The second-order valence-corrected chi connectivity index (χ2v) is 4.40. The normalized spacial score (nSPS) is 10.0. The molecule has 1 aromatic carbocycles. The van der Waals surface area contributed by atoms with Crippen LogP contribution in [0.1, 0.15) is 19.4 Å². The van der Waals surface area contributed by atoms with Crippen molar-refractivity contribution in [2.24, 2.45) is 0 Å². The van der Waals surface area contributed by atoms with Crippen LogP contribution in [0.5, 0.6) is 0 Å². The highest BCUT2D eigenvalue weighted by Gasteiger charge is 2.01. The zero-order valence-corrected chi connectivity index (χ0v) is 10.9. The van der Waals surface area contributed by atoms with Crippen molar-refractivity contribution in [3.8, 4) is 6.07 Å². The summed E-state index contributed by atoms with van der Waals surface area (Å²) in [6.45, 7) is 4.10. The van der Waals surface area contributed by atoms with Crippen molar-refractivity contribution in [3.05, 3.63) is 42.2 Å². The molecule has 0 unspecified atom stereocenters. The molecule has 1 aromatic heterocycles. The lowest BCUT2D eigenvalue weighted by Crippen LogP contribution is -2.11. The van der Waals surface area contributed by atoms with Gasteiger partial charge in [0, 0.05) is 17.8 Å². The molecule has 1 heterocycles. The van der Waals surface area contributed by atoms with Crippen LogP contribution in [-0.2, 0) is 0 Å². The predicted octanol–water partition coefficient (Wildman–Crippen LogP) is 2.91. The Morgan fingerprint density at radius 1 is 1.11 bits per heavy atom. The van der Waals surface area contributed by atoms with Crippen molar-refractivity contribution in [1.82, 2.24) is 9.97 Å². The minimum Gasteiger partial charge on any atom is -0.368 e. The van der Waals surface area contributed by atoms with Crippen LogP contribution in [0.15, 0.2) is 36.7 Å². The highest BCUT2D eigenvalue weighted by atomic mass is 15.1. The van der Waals surface area contributed by atoms with Crippen molar-refractivity contribution in [2.45, 2.75) is 19.9 Å². The fraction of sp³-hybridized carbons (Fsp3) is 0.214. The molecule has 0 aliphatic rings.